The second-order valence-corrected chi connectivity index (χ2v) is 6.48. The Morgan fingerprint density at radius 1 is 0.952 bits per heavy atom. The van der Waals surface area contributed by atoms with E-state index in [9.17, 15) is 0 Å². The maximum absolute atomic E-state index is 3.69. The molecule has 0 bridgehead atoms. The normalized spacial score (nSPS) is 13.9. The van der Waals surface area contributed by atoms with Gasteiger partial charge >= 0.3 is 0 Å². The van der Waals surface area contributed by atoms with Gasteiger partial charge in [0.1, 0.15) is 0 Å². The molecule has 0 aliphatic rings. The van der Waals surface area contributed by atoms with E-state index >= 15 is 0 Å². The molecule has 2 atom stereocenters. The maximum atomic E-state index is 3.69. The van der Waals surface area contributed by atoms with Crippen LogP contribution in [0.3, 0.4) is 0 Å². The molecule has 1 nitrogen and oxygen atoms in total. The van der Waals surface area contributed by atoms with Crippen molar-refractivity contribution in [3.05, 3.63) is 70.2 Å². The summed E-state index contributed by atoms with van der Waals surface area (Å²) in [6.07, 6.45) is 2.28. The highest BCUT2D eigenvalue weighted by molar-refractivity contribution is 9.10. The van der Waals surface area contributed by atoms with E-state index in [-0.39, 0.29) is 0 Å². The number of nitrogens with one attached hydrogen (secondary N) is 1. The Bertz CT molecular complexity index is 521. The molecule has 2 unspecified atom stereocenters. The Balaban J connectivity index is 1.85. The van der Waals surface area contributed by atoms with Gasteiger partial charge in [0, 0.05) is 10.5 Å². The van der Waals surface area contributed by atoms with E-state index in [0.29, 0.717) is 12.0 Å². The second kappa shape index (κ2) is 8.35. The van der Waals surface area contributed by atoms with Crippen molar-refractivity contribution < 1.29 is 0 Å². The molecule has 0 aliphatic carbocycles. The molecule has 112 valence electrons. The van der Waals surface area contributed by atoms with Crippen LogP contribution in [0.25, 0.3) is 0 Å². The molecule has 0 spiro atoms. The number of rotatable bonds is 7. The topological polar surface area (TPSA) is 12.0 Å². The monoisotopic (exact) mass is 345 g/mol. The first kappa shape index (κ1) is 16.3. The van der Waals surface area contributed by atoms with Gasteiger partial charge in [-0.05, 0) is 48.6 Å². The third-order valence-corrected chi connectivity index (χ3v) is 4.55. The lowest BCUT2D eigenvalue weighted by atomic mass is 9.97. The molecule has 0 saturated heterocycles. The molecule has 2 aromatic carbocycles. The number of halogens is 1. The SMILES string of the molecule is CCC(NCCC(C)c1ccccc1)c1ccc(Br)cc1. The second-order valence-electron chi connectivity index (χ2n) is 5.57. The Kier molecular flexibility index (Phi) is 6.47. The van der Waals surface area contributed by atoms with Crippen LogP contribution in [-0.4, -0.2) is 6.54 Å². The van der Waals surface area contributed by atoms with Gasteiger partial charge in [0.25, 0.3) is 0 Å². The molecule has 0 radical (unpaired) electrons. The minimum atomic E-state index is 0.445. The Morgan fingerprint density at radius 3 is 2.24 bits per heavy atom. The molecule has 2 heteroatoms. The highest BCUT2D eigenvalue weighted by atomic mass is 79.9. The lowest BCUT2D eigenvalue weighted by molar-refractivity contribution is 0.493. The van der Waals surface area contributed by atoms with Crippen molar-refractivity contribution >= 4 is 15.9 Å². The van der Waals surface area contributed by atoms with Gasteiger partial charge in [-0.3, -0.25) is 0 Å². The largest absolute Gasteiger partial charge is 0.310 e. The van der Waals surface area contributed by atoms with Crippen LogP contribution in [0.2, 0.25) is 0 Å². The minimum absolute atomic E-state index is 0.445. The van der Waals surface area contributed by atoms with E-state index in [0.717, 1.165) is 23.9 Å². The van der Waals surface area contributed by atoms with Gasteiger partial charge in [0.2, 0.25) is 0 Å². The first-order valence-electron chi connectivity index (χ1n) is 7.74. The van der Waals surface area contributed by atoms with E-state index < -0.39 is 0 Å². The summed E-state index contributed by atoms with van der Waals surface area (Å²) in [5, 5.41) is 3.69. The summed E-state index contributed by atoms with van der Waals surface area (Å²) >= 11 is 3.49. The van der Waals surface area contributed by atoms with E-state index in [1.807, 2.05) is 0 Å². The predicted octanol–water partition coefficient (Wildman–Crippen LogP) is 5.68. The van der Waals surface area contributed by atoms with Crippen LogP contribution in [0.5, 0.6) is 0 Å². The fourth-order valence-corrected chi connectivity index (χ4v) is 2.88. The summed E-state index contributed by atoms with van der Waals surface area (Å²) < 4.78 is 1.14. The lowest BCUT2D eigenvalue weighted by Crippen LogP contribution is -2.22. The summed E-state index contributed by atoms with van der Waals surface area (Å²) in [4.78, 5) is 0. The summed E-state index contributed by atoms with van der Waals surface area (Å²) in [7, 11) is 0. The zero-order chi connectivity index (χ0) is 15.1. The van der Waals surface area contributed by atoms with Crippen LogP contribution in [0.15, 0.2) is 59.1 Å². The lowest BCUT2D eigenvalue weighted by Gasteiger charge is -2.19. The van der Waals surface area contributed by atoms with Gasteiger partial charge in [-0.15, -0.1) is 0 Å². The van der Waals surface area contributed by atoms with E-state index in [4.69, 9.17) is 0 Å². The molecule has 0 saturated carbocycles. The summed E-state index contributed by atoms with van der Waals surface area (Å²) in [6, 6.07) is 19.8. The van der Waals surface area contributed by atoms with Crippen molar-refractivity contribution in [1.29, 1.82) is 0 Å². The maximum Gasteiger partial charge on any atom is 0.0317 e. The molecule has 0 aromatic heterocycles. The van der Waals surface area contributed by atoms with Gasteiger partial charge in [0.05, 0.1) is 0 Å². The standard InChI is InChI=1S/C19H24BrN/c1-3-19(17-9-11-18(20)12-10-17)21-14-13-15(2)16-7-5-4-6-8-16/h4-12,15,19,21H,3,13-14H2,1-2H3. The van der Waals surface area contributed by atoms with Crippen LogP contribution in [0, 0.1) is 0 Å². The third kappa shape index (κ3) is 4.98. The highest BCUT2D eigenvalue weighted by Gasteiger charge is 2.10. The average Bonchev–Trinajstić information content (AvgIpc) is 2.53. The van der Waals surface area contributed by atoms with Gasteiger partial charge in [-0.1, -0.05) is 72.2 Å². The van der Waals surface area contributed by atoms with Crippen LogP contribution < -0.4 is 5.32 Å². The van der Waals surface area contributed by atoms with Crippen molar-refractivity contribution in [3.63, 3.8) is 0 Å². The van der Waals surface area contributed by atoms with Gasteiger partial charge in [0.15, 0.2) is 0 Å². The minimum Gasteiger partial charge on any atom is -0.310 e. The molecule has 0 fully saturated rings. The van der Waals surface area contributed by atoms with Crippen molar-refractivity contribution in [2.45, 2.75) is 38.6 Å². The summed E-state index contributed by atoms with van der Waals surface area (Å²) in [6.45, 7) is 5.59. The molecule has 21 heavy (non-hydrogen) atoms. The summed E-state index contributed by atoms with van der Waals surface area (Å²) in [5.41, 5.74) is 2.80. The Labute approximate surface area is 136 Å². The van der Waals surface area contributed by atoms with E-state index in [1.54, 1.807) is 0 Å². The zero-order valence-electron chi connectivity index (χ0n) is 12.9. The summed E-state index contributed by atoms with van der Waals surface area (Å²) in [5.74, 6) is 0.598. The fourth-order valence-electron chi connectivity index (χ4n) is 2.62. The van der Waals surface area contributed by atoms with E-state index in [2.05, 4.69) is 89.7 Å². The molecular formula is C19H24BrN. The fraction of sp³-hybridized carbons (Fsp3) is 0.368. The van der Waals surface area contributed by atoms with Crippen LogP contribution in [0.4, 0.5) is 0 Å². The molecule has 0 heterocycles. The van der Waals surface area contributed by atoms with Crippen molar-refractivity contribution in [2.24, 2.45) is 0 Å². The molecule has 0 aliphatic heterocycles. The molecule has 0 amide bonds. The van der Waals surface area contributed by atoms with Crippen molar-refractivity contribution in [3.8, 4) is 0 Å². The average molecular weight is 346 g/mol. The third-order valence-electron chi connectivity index (χ3n) is 4.02. The Morgan fingerprint density at radius 2 is 1.62 bits per heavy atom. The van der Waals surface area contributed by atoms with Crippen LogP contribution >= 0.6 is 15.9 Å². The quantitative estimate of drug-likeness (QED) is 0.680. The number of benzene rings is 2. The van der Waals surface area contributed by atoms with Crippen LogP contribution in [-0.2, 0) is 0 Å². The van der Waals surface area contributed by atoms with Gasteiger partial charge in [-0.25, -0.2) is 0 Å². The highest BCUT2D eigenvalue weighted by Crippen LogP contribution is 2.21. The van der Waals surface area contributed by atoms with E-state index in [1.165, 1.54) is 11.1 Å². The number of hydrogen-bond acceptors (Lipinski definition) is 1. The Hall–Kier alpha value is -1.12. The van der Waals surface area contributed by atoms with Crippen molar-refractivity contribution in [1.82, 2.24) is 5.32 Å². The van der Waals surface area contributed by atoms with Gasteiger partial charge in [-0.2, -0.15) is 0 Å². The molecular weight excluding hydrogens is 322 g/mol. The predicted molar refractivity (Wildman–Crippen MR) is 94.7 cm³/mol. The smallest absolute Gasteiger partial charge is 0.0317 e. The first-order chi connectivity index (χ1) is 10.2. The number of hydrogen-bond donors (Lipinski definition) is 1. The van der Waals surface area contributed by atoms with Crippen LogP contribution in [0.1, 0.15) is 49.8 Å². The molecule has 2 rings (SSSR count). The molecule has 2 aromatic rings. The van der Waals surface area contributed by atoms with Crippen molar-refractivity contribution in [2.75, 3.05) is 6.54 Å². The zero-order valence-corrected chi connectivity index (χ0v) is 14.4. The van der Waals surface area contributed by atoms with Gasteiger partial charge < -0.3 is 5.32 Å². The first-order valence-corrected chi connectivity index (χ1v) is 8.53. The molecule has 1 N–H and O–H groups in total.